The summed E-state index contributed by atoms with van der Waals surface area (Å²) < 4.78 is 0. The topological polar surface area (TPSA) is 136 Å². The highest BCUT2D eigenvalue weighted by atomic mass is 16.4. The smallest absolute Gasteiger partial charge is 0.326 e. The van der Waals surface area contributed by atoms with Crippen molar-refractivity contribution in [2.24, 2.45) is 11.5 Å². The number of hydrogen-bond acceptors (Lipinski definition) is 4. The number of nitrogens with one attached hydrogen (secondary N) is 1. The fourth-order valence-corrected chi connectivity index (χ4v) is 1.78. The van der Waals surface area contributed by atoms with Crippen molar-refractivity contribution in [1.82, 2.24) is 5.32 Å². The second-order valence-corrected chi connectivity index (χ2v) is 4.70. The van der Waals surface area contributed by atoms with Crippen molar-refractivity contribution in [2.45, 2.75) is 31.3 Å². The Morgan fingerprint density at radius 3 is 2.33 bits per heavy atom. The first-order valence-electron chi connectivity index (χ1n) is 6.51. The summed E-state index contributed by atoms with van der Waals surface area (Å²) in [7, 11) is 0. The lowest BCUT2D eigenvalue weighted by atomic mass is 10.0. The van der Waals surface area contributed by atoms with Gasteiger partial charge in [-0.1, -0.05) is 30.3 Å². The molecule has 0 aromatic heterocycles. The summed E-state index contributed by atoms with van der Waals surface area (Å²) in [6.45, 7) is 0. The first-order chi connectivity index (χ1) is 9.90. The molecule has 0 spiro atoms. The highest BCUT2D eigenvalue weighted by molar-refractivity contribution is 5.89. The van der Waals surface area contributed by atoms with Crippen LogP contribution < -0.4 is 16.8 Å². The molecule has 0 heterocycles. The molecular weight excluding hydrogens is 274 g/mol. The Morgan fingerprint density at radius 1 is 1.19 bits per heavy atom. The minimum atomic E-state index is -1.35. The number of rotatable bonds is 8. The van der Waals surface area contributed by atoms with E-state index in [1.165, 1.54) is 0 Å². The molecule has 0 saturated heterocycles. The molecule has 0 fully saturated rings. The minimum Gasteiger partial charge on any atom is -0.480 e. The Labute approximate surface area is 122 Å². The van der Waals surface area contributed by atoms with Gasteiger partial charge in [0.05, 0.1) is 12.5 Å². The first-order valence-corrected chi connectivity index (χ1v) is 6.51. The summed E-state index contributed by atoms with van der Waals surface area (Å²) >= 11 is 0. The molecule has 1 aromatic carbocycles. The van der Waals surface area contributed by atoms with E-state index in [1.807, 2.05) is 30.3 Å². The van der Waals surface area contributed by atoms with Crippen LogP contribution in [0.1, 0.15) is 18.4 Å². The van der Waals surface area contributed by atoms with Crippen LogP contribution in [0.3, 0.4) is 0 Å². The van der Waals surface area contributed by atoms with Gasteiger partial charge in [-0.15, -0.1) is 0 Å². The van der Waals surface area contributed by atoms with Crippen LogP contribution in [0, 0.1) is 0 Å². The summed E-state index contributed by atoms with van der Waals surface area (Å²) in [6, 6.07) is 7.29. The van der Waals surface area contributed by atoms with Crippen molar-refractivity contribution in [1.29, 1.82) is 0 Å². The van der Waals surface area contributed by atoms with Gasteiger partial charge < -0.3 is 21.9 Å². The van der Waals surface area contributed by atoms with Crippen molar-refractivity contribution in [3.05, 3.63) is 35.9 Å². The van der Waals surface area contributed by atoms with E-state index in [4.69, 9.17) is 16.6 Å². The van der Waals surface area contributed by atoms with Crippen LogP contribution in [0.15, 0.2) is 30.3 Å². The van der Waals surface area contributed by atoms with Crippen LogP contribution in [-0.2, 0) is 20.8 Å². The summed E-state index contributed by atoms with van der Waals surface area (Å²) in [5.41, 5.74) is 11.7. The Bertz CT molecular complexity index is 504. The van der Waals surface area contributed by atoms with Gasteiger partial charge in [0.25, 0.3) is 0 Å². The molecule has 2 atom stereocenters. The predicted molar refractivity (Wildman–Crippen MR) is 76.1 cm³/mol. The zero-order valence-electron chi connectivity index (χ0n) is 11.5. The lowest BCUT2D eigenvalue weighted by Gasteiger charge is -2.16. The molecule has 0 radical (unpaired) electrons. The third kappa shape index (κ3) is 6.05. The Hall–Kier alpha value is -2.41. The fourth-order valence-electron chi connectivity index (χ4n) is 1.78. The lowest BCUT2D eigenvalue weighted by molar-refractivity contribution is -0.143. The maximum atomic E-state index is 11.8. The number of carboxylic acid groups (broad SMARTS) is 1. The lowest BCUT2D eigenvalue weighted by Crippen LogP contribution is -2.49. The Kier molecular flexibility index (Phi) is 6.35. The van der Waals surface area contributed by atoms with Crippen molar-refractivity contribution in [3.63, 3.8) is 0 Å². The highest BCUT2D eigenvalue weighted by Gasteiger charge is 2.24. The quantitative estimate of drug-likeness (QED) is 0.507. The van der Waals surface area contributed by atoms with E-state index in [1.54, 1.807) is 0 Å². The highest BCUT2D eigenvalue weighted by Crippen LogP contribution is 2.04. The van der Waals surface area contributed by atoms with E-state index >= 15 is 0 Å². The number of carbonyl (C=O) groups is 3. The summed E-state index contributed by atoms with van der Waals surface area (Å²) in [5, 5.41) is 11.1. The SMILES string of the molecule is NC(=O)C[C@@H](NC(=O)[C@@H](N)CCc1ccccc1)C(=O)O. The van der Waals surface area contributed by atoms with Crippen LogP contribution in [-0.4, -0.2) is 35.0 Å². The molecule has 114 valence electrons. The Balaban J connectivity index is 2.49. The molecule has 0 aliphatic carbocycles. The molecule has 0 bridgehead atoms. The molecule has 0 aliphatic heterocycles. The van der Waals surface area contributed by atoms with Gasteiger partial charge in [-0.3, -0.25) is 9.59 Å². The monoisotopic (exact) mass is 293 g/mol. The van der Waals surface area contributed by atoms with E-state index in [2.05, 4.69) is 5.32 Å². The third-order valence-electron chi connectivity index (χ3n) is 2.94. The summed E-state index contributed by atoms with van der Waals surface area (Å²) in [6.07, 6.45) is 0.508. The van der Waals surface area contributed by atoms with Gasteiger partial charge in [0, 0.05) is 0 Å². The largest absolute Gasteiger partial charge is 0.480 e. The number of nitrogens with two attached hydrogens (primary N) is 2. The number of aliphatic carboxylic acids is 1. The minimum absolute atomic E-state index is 0.374. The normalized spacial score (nSPS) is 13.2. The average molecular weight is 293 g/mol. The third-order valence-corrected chi connectivity index (χ3v) is 2.94. The van der Waals surface area contributed by atoms with Crippen molar-refractivity contribution in [2.75, 3.05) is 0 Å². The van der Waals surface area contributed by atoms with E-state index in [9.17, 15) is 14.4 Å². The van der Waals surface area contributed by atoms with Crippen molar-refractivity contribution >= 4 is 17.8 Å². The molecule has 0 unspecified atom stereocenters. The predicted octanol–water partition coefficient (Wildman–Crippen LogP) is -0.609. The fraction of sp³-hybridized carbons (Fsp3) is 0.357. The number of benzene rings is 1. The number of carboxylic acids is 1. The number of amides is 2. The maximum absolute atomic E-state index is 11.8. The van der Waals surface area contributed by atoms with Crippen LogP contribution in [0.5, 0.6) is 0 Å². The molecule has 21 heavy (non-hydrogen) atoms. The van der Waals surface area contributed by atoms with Gasteiger partial charge in [-0.25, -0.2) is 4.79 Å². The van der Waals surface area contributed by atoms with E-state index in [0.717, 1.165) is 5.56 Å². The van der Waals surface area contributed by atoms with E-state index in [-0.39, 0.29) is 0 Å². The second kappa shape index (κ2) is 8.01. The maximum Gasteiger partial charge on any atom is 0.326 e. The van der Waals surface area contributed by atoms with Crippen molar-refractivity contribution < 1.29 is 19.5 Å². The molecule has 7 heteroatoms. The molecule has 2 amide bonds. The van der Waals surface area contributed by atoms with Gasteiger partial charge in [-0.2, -0.15) is 0 Å². The first kappa shape index (κ1) is 16.6. The van der Waals surface area contributed by atoms with Crippen molar-refractivity contribution in [3.8, 4) is 0 Å². The molecule has 0 saturated carbocycles. The van der Waals surface area contributed by atoms with Gasteiger partial charge in [0.2, 0.25) is 11.8 Å². The molecule has 1 rings (SSSR count). The molecule has 6 N–H and O–H groups in total. The standard InChI is InChI=1S/C14H19N3O4/c15-10(7-6-9-4-2-1-3-5-9)13(19)17-11(14(20)21)8-12(16)18/h1-5,10-11H,6-8,15H2,(H2,16,18)(H,17,19)(H,20,21)/t10-,11+/m0/s1. The zero-order chi connectivity index (χ0) is 15.8. The van der Waals surface area contributed by atoms with Gasteiger partial charge in [-0.05, 0) is 18.4 Å². The van der Waals surface area contributed by atoms with Crippen LogP contribution >= 0.6 is 0 Å². The number of hydrogen-bond donors (Lipinski definition) is 4. The van der Waals surface area contributed by atoms with Gasteiger partial charge in [0.1, 0.15) is 6.04 Å². The molecule has 7 nitrogen and oxygen atoms in total. The summed E-state index contributed by atoms with van der Waals surface area (Å²) in [4.78, 5) is 33.5. The van der Waals surface area contributed by atoms with Crippen LogP contribution in [0.2, 0.25) is 0 Å². The molecule has 0 aliphatic rings. The number of primary amides is 1. The van der Waals surface area contributed by atoms with Crippen LogP contribution in [0.25, 0.3) is 0 Å². The zero-order valence-corrected chi connectivity index (χ0v) is 11.5. The number of carbonyl (C=O) groups excluding carboxylic acids is 2. The molecular formula is C14H19N3O4. The summed E-state index contributed by atoms with van der Waals surface area (Å²) in [5.74, 6) is -2.74. The second-order valence-electron chi connectivity index (χ2n) is 4.70. The van der Waals surface area contributed by atoms with Crippen LogP contribution in [0.4, 0.5) is 0 Å². The van der Waals surface area contributed by atoms with E-state index < -0.39 is 36.3 Å². The van der Waals surface area contributed by atoms with Gasteiger partial charge >= 0.3 is 5.97 Å². The molecule has 1 aromatic rings. The van der Waals surface area contributed by atoms with E-state index in [0.29, 0.717) is 12.8 Å². The Morgan fingerprint density at radius 2 is 1.81 bits per heavy atom. The van der Waals surface area contributed by atoms with Gasteiger partial charge in [0.15, 0.2) is 0 Å². The number of aryl methyl sites for hydroxylation is 1. The average Bonchev–Trinajstić information content (AvgIpc) is 2.44.